The number of carbonyl (C=O) groups is 1. The topological polar surface area (TPSA) is 107 Å². The second-order valence-electron chi connectivity index (χ2n) is 2.58. The Morgan fingerprint density at radius 1 is 1.60 bits per heavy atom. The molecule has 0 aliphatic rings. The number of nitrogens with two attached hydrogens (primary N) is 1. The summed E-state index contributed by atoms with van der Waals surface area (Å²) in [4.78, 5) is 21.3. The third-order valence-corrected chi connectivity index (χ3v) is 1.78. The molecule has 15 heavy (non-hydrogen) atoms. The van der Waals surface area contributed by atoms with Gasteiger partial charge in [-0.2, -0.15) is 0 Å². The molecule has 0 heterocycles. The molecule has 0 atom stereocenters. The minimum Gasteiger partial charge on any atom is -0.496 e. The predicted octanol–water partition coefficient (Wildman–Crippen LogP) is 0.207. The Bertz CT molecular complexity index is 405. The molecule has 0 bridgehead atoms. The largest absolute Gasteiger partial charge is 0.496 e. The van der Waals surface area contributed by atoms with Gasteiger partial charge in [0.05, 0.1) is 12.0 Å². The van der Waals surface area contributed by atoms with Gasteiger partial charge in [-0.1, -0.05) is 6.07 Å². The van der Waals surface area contributed by atoms with Crippen LogP contribution in [0.15, 0.2) is 18.2 Å². The molecule has 0 unspecified atom stereocenters. The van der Waals surface area contributed by atoms with Crippen molar-refractivity contribution in [3.05, 3.63) is 33.9 Å². The number of nitrogens with one attached hydrogen (secondary N) is 1. The minimum absolute atomic E-state index is 0.104. The van der Waals surface area contributed by atoms with Crippen LogP contribution >= 0.6 is 0 Å². The lowest BCUT2D eigenvalue weighted by Crippen LogP contribution is -2.30. The van der Waals surface area contributed by atoms with E-state index in [1.807, 2.05) is 5.43 Å². The molecule has 0 saturated carbocycles. The first-order chi connectivity index (χ1) is 7.11. The van der Waals surface area contributed by atoms with Gasteiger partial charge in [0.2, 0.25) is 0 Å². The van der Waals surface area contributed by atoms with E-state index in [4.69, 9.17) is 10.6 Å². The fraction of sp³-hybridized carbons (Fsp3) is 0.125. The maximum atomic E-state index is 11.3. The second-order valence-corrected chi connectivity index (χ2v) is 2.58. The van der Waals surface area contributed by atoms with E-state index in [2.05, 4.69) is 0 Å². The molecular weight excluding hydrogens is 202 g/mol. The van der Waals surface area contributed by atoms with E-state index < -0.39 is 10.8 Å². The highest BCUT2D eigenvalue weighted by Gasteiger charge is 2.23. The summed E-state index contributed by atoms with van der Waals surface area (Å²) in [6, 6.07) is 4.06. The Kier molecular flexibility index (Phi) is 3.19. The molecule has 7 heteroatoms. The molecule has 3 N–H and O–H groups in total. The molecule has 80 valence electrons. The number of ether oxygens (including phenoxy) is 1. The fourth-order valence-electron chi connectivity index (χ4n) is 1.14. The first kappa shape index (κ1) is 10.9. The van der Waals surface area contributed by atoms with Gasteiger partial charge in [-0.3, -0.25) is 20.3 Å². The van der Waals surface area contributed by atoms with E-state index in [9.17, 15) is 14.9 Å². The Morgan fingerprint density at radius 3 is 2.73 bits per heavy atom. The van der Waals surface area contributed by atoms with Gasteiger partial charge in [0.25, 0.3) is 11.6 Å². The van der Waals surface area contributed by atoms with Crippen molar-refractivity contribution in [2.45, 2.75) is 0 Å². The zero-order valence-corrected chi connectivity index (χ0v) is 7.89. The van der Waals surface area contributed by atoms with Crippen molar-refractivity contribution in [1.29, 1.82) is 0 Å². The van der Waals surface area contributed by atoms with Crippen molar-refractivity contribution in [3.63, 3.8) is 0 Å². The summed E-state index contributed by atoms with van der Waals surface area (Å²) >= 11 is 0. The molecular formula is C8H9N3O4. The number of nitro benzene ring substituents is 1. The van der Waals surface area contributed by atoms with Crippen molar-refractivity contribution in [1.82, 2.24) is 5.43 Å². The molecule has 0 aliphatic heterocycles. The maximum absolute atomic E-state index is 11.3. The smallest absolute Gasteiger partial charge is 0.285 e. The van der Waals surface area contributed by atoms with Crippen molar-refractivity contribution in [3.8, 4) is 5.75 Å². The van der Waals surface area contributed by atoms with Crippen LogP contribution in [0.25, 0.3) is 0 Å². The maximum Gasteiger partial charge on any atom is 0.285 e. The monoisotopic (exact) mass is 211 g/mol. The molecule has 0 spiro atoms. The molecule has 1 rings (SSSR count). The van der Waals surface area contributed by atoms with E-state index in [0.29, 0.717) is 0 Å². The Hall–Kier alpha value is -2.15. The van der Waals surface area contributed by atoms with Crippen LogP contribution in [0.1, 0.15) is 10.4 Å². The number of benzene rings is 1. The lowest BCUT2D eigenvalue weighted by atomic mass is 10.1. The summed E-state index contributed by atoms with van der Waals surface area (Å²) in [5.74, 6) is 4.26. The highest BCUT2D eigenvalue weighted by molar-refractivity contribution is 6.00. The Labute approximate surface area is 84.9 Å². The Balaban J connectivity index is 3.40. The highest BCUT2D eigenvalue weighted by atomic mass is 16.6. The lowest BCUT2D eigenvalue weighted by Gasteiger charge is -2.06. The number of hydrazine groups is 1. The number of amides is 1. The molecule has 0 fully saturated rings. The van der Waals surface area contributed by atoms with Gasteiger partial charge < -0.3 is 4.74 Å². The molecule has 1 aromatic carbocycles. The SMILES string of the molecule is COc1cccc([N+](=O)[O-])c1C(=O)NN. The van der Waals surface area contributed by atoms with Crippen molar-refractivity contribution in [2.75, 3.05) is 7.11 Å². The standard InChI is InChI=1S/C8H9N3O4/c1-15-6-4-2-3-5(11(13)14)7(6)8(12)10-9/h2-4H,9H2,1H3,(H,10,12). The lowest BCUT2D eigenvalue weighted by molar-refractivity contribution is -0.385. The number of carbonyl (C=O) groups excluding carboxylic acids is 1. The van der Waals surface area contributed by atoms with Crippen LogP contribution in [0.2, 0.25) is 0 Å². The third-order valence-electron chi connectivity index (χ3n) is 1.78. The van der Waals surface area contributed by atoms with Gasteiger partial charge in [-0.15, -0.1) is 0 Å². The van der Waals surface area contributed by atoms with Crippen LogP contribution < -0.4 is 16.0 Å². The number of methoxy groups -OCH3 is 1. The van der Waals surface area contributed by atoms with E-state index in [-0.39, 0.29) is 17.0 Å². The number of nitrogens with zero attached hydrogens (tertiary/aromatic N) is 1. The van der Waals surface area contributed by atoms with Crippen molar-refractivity contribution >= 4 is 11.6 Å². The fourth-order valence-corrected chi connectivity index (χ4v) is 1.14. The minimum atomic E-state index is -0.765. The summed E-state index contributed by atoms with van der Waals surface area (Å²) in [5, 5.41) is 10.6. The average Bonchev–Trinajstić information content (AvgIpc) is 2.26. The summed E-state index contributed by atoms with van der Waals surface area (Å²) in [6.07, 6.45) is 0. The van der Waals surface area contributed by atoms with Crippen LogP contribution in [0, 0.1) is 10.1 Å². The third kappa shape index (κ3) is 2.02. The zero-order chi connectivity index (χ0) is 11.4. The van der Waals surface area contributed by atoms with Crippen molar-refractivity contribution < 1.29 is 14.5 Å². The quantitative estimate of drug-likeness (QED) is 0.321. The first-order valence-corrected chi connectivity index (χ1v) is 3.94. The predicted molar refractivity (Wildman–Crippen MR) is 51.3 cm³/mol. The molecule has 1 aromatic rings. The second kappa shape index (κ2) is 4.38. The van der Waals surface area contributed by atoms with E-state index in [0.717, 1.165) is 0 Å². The van der Waals surface area contributed by atoms with Gasteiger partial charge in [0.15, 0.2) is 5.56 Å². The Morgan fingerprint density at radius 2 is 2.27 bits per heavy atom. The first-order valence-electron chi connectivity index (χ1n) is 3.94. The summed E-state index contributed by atoms with van der Waals surface area (Å²) in [7, 11) is 1.31. The van der Waals surface area contributed by atoms with E-state index in [1.165, 1.54) is 25.3 Å². The van der Waals surface area contributed by atoms with Gasteiger partial charge >= 0.3 is 0 Å². The van der Waals surface area contributed by atoms with Gasteiger partial charge in [0.1, 0.15) is 5.75 Å². The number of nitrogen functional groups attached to an aromatic ring is 1. The normalized spacial score (nSPS) is 9.47. The molecule has 0 aromatic heterocycles. The van der Waals surface area contributed by atoms with Crippen LogP contribution in [0.4, 0.5) is 5.69 Å². The summed E-state index contributed by atoms with van der Waals surface area (Å²) in [5.41, 5.74) is 1.29. The van der Waals surface area contributed by atoms with Crippen LogP contribution in [-0.4, -0.2) is 17.9 Å². The number of nitro groups is 1. The number of hydrogen-bond donors (Lipinski definition) is 2. The van der Waals surface area contributed by atoms with Crippen LogP contribution in [0.5, 0.6) is 5.75 Å². The zero-order valence-electron chi connectivity index (χ0n) is 7.89. The average molecular weight is 211 g/mol. The number of rotatable bonds is 3. The number of hydrogen-bond acceptors (Lipinski definition) is 5. The summed E-state index contributed by atoms with van der Waals surface area (Å²) < 4.78 is 4.84. The van der Waals surface area contributed by atoms with E-state index in [1.54, 1.807) is 0 Å². The highest BCUT2D eigenvalue weighted by Crippen LogP contribution is 2.27. The van der Waals surface area contributed by atoms with Crippen LogP contribution in [0.3, 0.4) is 0 Å². The molecule has 7 nitrogen and oxygen atoms in total. The summed E-state index contributed by atoms with van der Waals surface area (Å²) in [6.45, 7) is 0. The molecule has 0 radical (unpaired) electrons. The van der Waals surface area contributed by atoms with Gasteiger partial charge in [-0.25, -0.2) is 5.84 Å². The van der Waals surface area contributed by atoms with Crippen molar-refractivity contribution in [2.24, 2.45) is 5.84 Å². The molecule has 0 aliphatic carbocycles. The molecule has 1 amide bonds. The van der Waals surface area contributed by atoms with Gasteiger partial charge in [0, 0.05) is 6.07 Å². The van der Waals surface area contributed by atoms with Crippen LogP contribution in [-0.2, 0) is 0 Å². The van der Waals surface area contributed by atoms with Gasteiger partial charge in [-0.05, 0) is 6.07 Å². The van der Waals surface area contributed by atoms with E-state index >= 15 is 0 Å². The molecule has 0 saturated heterocycles.